The lowest BCUT2D eigenvalue weighted by Crippen LogP contribution is -2.51. The Hall–Kier alpha value is -13.4. The maximum atomic E-state index is 14.5. The van der Waals surface area contributed by atoms with Crippen molar-refractivity contribution in [2.75, 3.05) is 154 Å². The molecule has 0 spiro atoms. The van der Waals surface area contributed by atoms with Crippen molar-refractivity contribution in [1.29, 1.82) is 5.26 Å². The van der Waals surface area contributed by atoms with Crippen LogP contribution in [-0.4, -0.2) is 317 Å². The van der Waals surface area contributed by atoms with Crippen LogP contribution in [-0.2, 0) is 111 Å². The summed E-state index contributed by atoms with van der Waals surface area (Å²) in [5.74, 6) is -10.0. The normalized spacial score (nSPS) is 18.1. The number of carboxylic acids is 1. The number of benzene rings is 6. The number of nitrogens with two attached hydrogens (primary N) is 1. The number of hydrogen-bond acceptors (Lipinski definition) is 31. The maximum absolute atomic E-state index is 14.5. The molecule has 0 saturated carbocycles. The Morgan fingerprint density at radius 1 is 0.734 bits per heavy atom. The van der Waals surface area contributed by atoms with Crippen molar-refractivity contribution in [3.63, 3.8) is 0 Å². The van der Waals surface area contributed by atoms with E-state index in [0.717, 1.165) is 54.9 Å². The number of fused-ring (bicyclic) bond motifs is 2. The Bertz CT molecular complexity index is 5890. The Morgan fingerprint density at radius 2 is 1.38 bits per heavy atom. The maximum Gasteiger partial charge on any atom is 0.317 e. The van der Waals surface area contributed by atoms with Crippen molar-refractivity contribution in [2.45, 2.75) is 139 Å². The molecule has 1 aromatic heterocycles. The molecule has 5 aliphatic rings. The third kappa shape index (κ3) is 29.4. The quantitative estimate of drug-likeness (QED) is 0.00579. The molecule has 0 radical (unpaired) electrons. The molecule has 7 aromatic rings. The van der Waals surface area contributed by atoms with E-state index < -0.39 is 116 Å². The van der Waals surface area contributed by atoms with Gasteiger partial charge in [-0.3, -0.25) is 91.4 Å². The molecule has 4 saturated heterocycles. The number of aromatic nitrogens is 3. The third-order valence-electron chi connectivity index (χ3n) is 24.4. The molecule has 0 aliphatic carbocycles. The van der Waals surface area contributed by atoms with Gasteiger partial charge in [0.15, 0.2) is 5.75 Å². The summed E-state index contributed by atoms with van der Waals surface area (Å²) in [5.41, 5.74) is 15.0. The first kappa shape index (κ1) is 105. The molecule has 11 N–H and O–H groups in total. The number of hydrogen-bond donors (Lipinski definition) is 10. The number of nitrogens with one attached hydrogen (secondary N) is 6. The van der Waals surface area contributed by atoms with Gasteiger partial charge in [0, 0.05) is 157 Å². The fourth-order valence-corrected chi connectivity index (χ4v) is 18.8. The molecule has 6 aromatic carbocycles. The Labute approximate surface area is 803 Å². The first-order valence-electron chi connectivity index (χ1n) is 45.3. The Kier molecular flexibility index (Phi) is 37.0. The van der Waals surface area contributed by atoms with E-state index in [2.05, 4.69) is 52.4 Å². The first-order chi connectivity index (χ1) is 66.6. The SMILES string of the molecule is Cc1cc(-c2ccc(NC(=O)[C@@H](CCCCNC(=O)CCN3C(=O)CC(SCCC(=O)NCCOCCOCCC(=O)Nc4ccc(-c5cn(Cc6cccc7c6CN(C(=O)C[C@@H]6C[C@@H](C(=O)N8CC(F)(F)C[C@H]8C#N)NC6=O)C7)nn5)cc4)C3=O)NC(=O)CN3CCN(COC=O)CCN(COC=O)CCN(CC(=O)O)CC3)c(C)c2)ccc1N=Nc1ccc2c(S(=O)(=O)O)cc(C)c(N)c2c1O. The van der Waals surface area contributed by atoms with Crippen molar-refractivity contribution in [3.8, 4) is 34.2 Å². The smallest absolute Gasteiger partial charge is 0.317 e. The number of thioether (sulfide) groups is 1. The topological polar surface area (TPSA) is 554 Å². The Morgan fingerprint density at radius 3 is 2.06 bits per heavy atom. The van der Waals surface area contributed by atoms with Gasteiger partial charge in [0.1, 0.15) is 47.9 Å². The second kappa shape index (κ2) is 49.2. The third-order valence-corrected chi connectivity index (χ3v) is 26.5. The van der Waals surface area contributed by atoms with E-state index in [9.17, 15) is 99.6 Å². The summed E-state index contributed by atoms with van der Waals surface area (Å²) in [5, 5.41) is 63.8. The van der Waals surface area contributed by atoms with Crippen molar-refractivity contribution < 1.29 is 113 Å². The van der Waals surface area contributed by atoms with Crippen LogP contribution >= 0.6 is 11.8 Å². The molecule has 6 heterocycles. The fraction of sp³-hybridized carbons (Fsp3) is 0.462. The number of azo groups is 1. The number of aromatic hydroxyl groups is 1. The number of aryl methyl sites for hydroxylation is 3. The van der Waals surface area contributed by atoms with E-state index in [1.54, 1.807) is 94.0 Å². The number of imide groups is 1. The molecule has 5 aliphatic heterocycles. The molecule has 46 heteroatoms. The number of nitrogens with zero attached hydrogens (tertiary/aromatic N) is 13. The number of nitriles is 1. The number of unbranched alkanes of at least 4 members (excludes halogenated alkanes) is 1. The number of carbonyl (C=O) groups excluding carboxylic acids is 12. The lowest BCUT2D eigenvalue weighted by atomic mass is 9.99. The Balaban J connectivity index is 0.539. The molecular formula is C93H112F2N20O22S2. The standard InChI is InChI=1S/C93H112F2N20O22S2/c1-58-39-62(63-13-18-72(59(2)40-63)104-105-73-19-16-69-78(139(131,132)133)41-60(3)87(97)86(69)88(73)126)12-17-71(58)102-90(128)74(101-82(121)51-108-26-27-109(52-85(124)125)29-31-111(55-137-57-117)33-32-110(30-28-108)54-136-56-116)9-4-5-23-98-79(118)20-25-114-84(123)44-77(92(114)130)138-38-22-80(119)99-24-35-135-37-36-134-34-21-81(120)100-67-14-10-61(11-15-67)76-50-113(107-106-76)48-65-8-6-7-64-47-112(49-70(64)65)83(122)43-66-42-75(103-89(66)127)91(129)115-53-93(94,95)45-68(115)46-96/h6-8,10-19,39-41,50,56-57,66,68,74-75,77,126H,4-5,9,20-38,42-45,47-49,51-55,97H2,1-3H3,(H,98,118)(H,99,119)(H,100,120)(H,101,121)(H,102,128)(H,103,127)(H,124,125)(H,131,132,133)/t66-,68-,74+,75-,77?/m0/s1. The van der Waals surface area contributed by atoms with Gasteiger partial charge in [-0.05, 0) is 139 Å². The molecule has 4 fully saturated rings. The van der Waals surface area contributed by atoms with Crippen LogP contribution in [0.25, 0.3) is 33.2 Å². The van der Waals surface area contributed by atoms with Crippen molar-refractivity contribution in [3.05, 3.63) is 137 Å². The number of ether oxygens (including phenoxy) is 4. The molecule has 10 amide bonds. The number of halogens is 2. The summed E-state index contributed by atoms with van der Waals surface area (Å²) in [6.07, 6.45) is 1.29. The summed E-state index contributed by atoms with van der Waals surface area (Å²) < 4.78 is 85.5. The van der Waals surface area contributed by atoms with E-state index in [0.29, 0.717) is 98.0 Å². The first-order valence-corrected chi connectivity index (χ1v) is 47.8. The average Bonchev–Trinajstić information content (AvgIpc) is 1.15. The van der Waals surface area contributed by atoms with Crippen molar-refractivity contribution in [2.24, 2.45) is 16.1 Å². The summed E-state index contributed by atoms with van der Waals surface area (Å²) in [6.45, 7) is 8.00. The number of rotatable bonds is 45. The average molecular weight is 1960 g/mol. The zero-order chi connectivity index (χ0) is 99.6. The van der Waals surface area contributed by atoms with Crippen LogP contribution in [0.15, 0.2) is 118 Å². The van der Waals surface area contributed by atoms with E-state index in [4.69, 9.17) is 24.7 Å². The number of phenols is 1. The summed E-state index contributed by atoms with van der Waals surface area (Å²) in [4.78, 5) is 179. The van der Waals surface area contributed by atoms with Crippen LogP contribution in [0.2, 0.25) is 0 Å². The highest BCUT2D eigenvalue weighted by molar-refractivity contribution is 8.00. The predicted octanol–water partition coefficient (Wildman–Crippen LogP) is 5.28. The van der Waals surface area contributed by atoms with E-state index in [-0.39, 0.29) is 202 Å². The van der Waals surface area contributed by atoms with E-state index in [1.165, 1.54) is 25.1 Å². The number of carboxylic acid groups (broad SMARTS) is 1. The second-order valence-electron chi connectivity index (χ2n) is 34.5. The summed E-state index contributed by atoms with van der Waals surface area (Å²) >= 11 is 1.16. The number of amides is 10. The second-order valence-corrected chi connectivity index (χ2v) is 37.2. The molecule has 42 nitrogen and oxygen atoms in total. The number of carbonyl (C=O) groups is 13. The van der Waals surface area contributed by atoms with Gasteiger partial charge in [0.05, 0.1) is 87.6 Å². The van der Waals surface area contributed by atoms with Crippen LogP contribution in [0.5, 0.6) is 5.75 Å². The number of alkyl halides is 2. The fourth-order valence-electron chi connectivity index (χ4n) is 16.9. The molecule has 742 valence electrons. The summed E-state index contributed by atoms with van der Waals surface area (Å²) in [6, 6.07) is 25.6. The minimum Gasteiger partial charge on any atom is -0.505 e. The number of phenolic OH excluding ortho intramolecular Hbond substituents is 1. The molecule has 139 heavy (non-hydrogen) atoms. The number of nitrogen functional groups attached to an aromatic ring is 1. The lowest BCUT2D eigenvalue weighted by molar-refractivity contribution is -0.140. The predicted molar refractivity (Wildman–Crippen MR) is 501 cm³/mol. The largest absolute Gasteiger partial charge is 0.505 e. The van der Waals surface area contributed by atoms with E-state index in [1.807, 2.05) is 40.1 Å². The van der Waals surface area contributed by atoms with Crippen molar-refractivity contribution in [1.82, 2.24) is 70.6 Å². The number of anilines is 3. The molecule has 1 unspecified atom stereocenters. The highest BCUT2D eigenvalue weighted by Crippen LogP contribution is 2.44. The van der Waals surface area contributed by atoms with Gasteiger partial charge in [-0.25, -0.2) is 13.5 Å². The van der Waals surface area contributed by atoms with Gasteiger partial charge in [-0.2, -0.15) is 18.8 Å². The molecule has 5 atom stereocenters. The number of likely N-dealkylation sites (tertiary alicyclic amines) is 2. The monoisotopic (exact) mass is 1960 g/mol. The van der Waals surface area contributed by atoms with Crippen LogP contribution in [0.1, 0.15) is 97.6 Å². The van der Waals surface area contributed by atoms with Gasteiger partial charge in [-0.15, -0.1) is 22.0 Å². The van der Waals surface area contributed by atoms with Crippen LogP contribution in [0.4, 0.5) is 37.2 Å². The summed E-state index contributed by atoms with van der Waals surface area (Å²) in [7, 11) is -4.68. The van der Waals surface area contributed by atoms with Gasteiger partial charge in [-0.1, -0.05) is 53.7 Å². The minimum atomic E-state index is -4.68. The van der Waals surface area contributed by atoms with Crippen molar-refractivity contribution >= 4 is 139 Å². The van der Waals surface area contributed by atoms with Gasteiger partial charge in [0.2, 0.25) is 59.1 Å². The zero-order valence-corrected chi connectivity index (χ0v) is 78.6. The van der Waals surface area contributed by atoms with Crippen LogP contribution < -0.4 is 37.6 Å². The van der Waals surface area contributed by atoms with Gasteiger partial charge >= 0.3 is 5.97 Å². The molecule has 12 rings (SSSR count). The highest BCUT2D eigenvalue weighted by Gasteiger charge is 2.51. The molecular weight excluding hydrogens is 1850 g/mol. The van der Waals surface area contributed by atoms with Crippen LogP contribution in [0, 0.1) is 38.0 Å². The van der Waals surface area contributed by atoms with Gasteiger partial charge < -0.3 is 76.6 Å². The number of aliphatic carboxylic acids is 1. The van der Waals surface area contributed by atoms with E-state index >= 15 is 0 Å². The minimum absolute atomic E-state index is 0.00187. The van der Waals surface area contributed by atoms with Gasteiger partial charge in [0.25, 0.3) is 29.0 Å². The van der Waals surface area contributed by atoms with Crippen LogP contribution in [0.3, 0.4) is 0 Å². The highest BCUT2D eigenvalue weighted by atomic mass is 32.2. The lowest BCUT2D eigenvalue weighted by Gasteiger charge is -2.33. The molecule has 0 bridgehead atoms. The zero-order valence-electron chi connectivity index (χ0n) is 77.0.